The van der Waals surface area contributed by atoms with Crippen molar-refractivity contribution < 1.29 is 0 Å². The van der Waals surface area contributed by atoms with Crippen molar-refractivity contribution in [2.45, 2.75) is 0 Å². The van der Waals surface area contributed by atoms with E-state index in [4.69, 9.17) is 5.26 Å². The van der Waals surface area contributed by atoms with Crippen LogP contribution in [0.2, 0.25) is 0 Å². The molecule has 90 valence electrons. The van der Waals surface area contributed by atoms with Gasteiger partial charge < -0.3 is 0 Å². The quantitative estimate of drug-likeness (QED) is 0.655. The van der Waals surface area contributed by atoms with Crippen LogP contribution in [0.1, 0.15) is 5.56 Å². The van der Waals surface area contributed by atoms with E-state index < -0.39 is 20.9 Å². The van der Waals surface area contributed by atoms with Gasteiger partial charge in [-0.2, -0.15) is 0 Å². The summed E-state index contributed by atoms with van der Waals surface area (Å²) in [7, 11) is 0. The zero-order chi connectivity index (χ0) is 13.1. The predicted octanol–water partition coefficient (Wildman–Crippen LogP) is 1.76. The molecule has 0 saturated heterocycles. The summed E-state index contributed by atoms with van der Waals surface area (Å²) in [5.74, 6) is 0. The summed E-state index contributed by atoms with van der Waals surface area (Å²) in [6, 6.07) is 20.5. The van der Waals surface area contributed by atoms with E-state index in [2.05, 4.69) is 47.5 Å². The molecule has 0 aliphatic rings. The monoisotopic (exact) mass is 360 g/mol. The summed E-state index contributed by atoms with van der Waals surface area (Å²) in [4.78, 5) is 4.49. The Kier molecular flexibility index (Phi) is 3.47. The van der Waals surface area contributed by atoms with E-state index in [0.29, 0.717) is 5.56 Å². The molecule has 0 unspecified atom stereocenters. The van der Waals surface area contributed by atoms with Crippen molar-refractivity contribution in [2.75, 3.05) is 0 Å². The molecule has 2 nitrogen and oxygen atoms in total. The summed E-state index contributed by atoms with van der Waals surface area (Å²) in [6.45, 7) is 0. The number of benzene rings is 2. The van der Waals surface area contributed by atoms with E-state index in [9.17, 15) is 0 Å². The SMILES string of the molecule is N#Cc1ccc([Te]c2cccc3cccnc23)cc1. The first kappa shape index (κ1) is 12.2. The molecule has 3 aromatic rings. The van der Waals surface area contributed by atoms with E-state index in [1.54, 1.807) is 0 Å². The summed E-state index contributed by atoms with van der Waals surface area (Å²) < 4.78 is 2.66. The molecule has 0 saturated carbocycles. The molecule has 1 aromatic heterocycles. The van der Waals surface area contributed by atoms with Crippen LogP contribution in [0.4, 0.5) is 0 Å². The fraction of sp³-hybridized carbons (Fsp3) is 0. The van der Waals surface area contributed by atoms with Gasteiger partial charge in [0, 0.05) is 0 Å². The second kappa shape index (κ2) is 5.41. The van der Waals surface area contributed by atoms with Gasteiger partial charge in [-0.15, -0.1) is 0 Å². The van der Waals surface area contributed by atoms with Gasteiger partial charge in [0.2, 0.25) is 0 Å². The Bertz CT molecular complexity index is 752. The van der Waals surface area contributed by atoms with Gasteiger partial charge in [-0.05, 0) is 0 Å². The number of para-hydroxylation sites is 1. The molecule has 2 aromatic carbocycles. The van der Waals surface area contributed by atoms with Gasteiger partial charge in [0.15, 0.2) is 0 Å². The van der Waals surface area contributed by atoms with Crippen LogP contribution in [-0.2, 0) is 0 Å². The topological polar surface area (TPSA) is 36.7 Å². The standard InChI is InChI=1S/C16H10N2Te/c17-11-12-6-8-14(9-7-12)19-15-5-1-3-13-4-2-10-18-16(13)15/h1-10H. The first-order chi connectivity index (χ1) is 9.36. The van der Waals surface area contributed by atoms with Crippen molar-refractivity contribution in [1.82, 2.24) is 4.98 Å². The van der Waals surface area contributed by atoms with Crippen molar-refractivity contribution in [3.8, 4) is 6.07 Å². The molecule has 0 radical (unpaired) electrons. The Hall–Kier alpha value is -1.87. The summed E-state index contributed by atoms with van der Waals surface area (Å²) in [5, 5.41) is 10.0. The van der Waals surface area contributed by atoms with E-state index in [0.717, 1.165) is 5.52 Å². The van der Waals surface area contributed by atoms with Crippen LogP contribution in [0, 0.1) is 11.3 Å². The molecule has 3 rings (SSSR count). The molecule has 0 fully saturated rings. The van der Waals surface area contributed by atoms with E-state index >= 15 is 0 Å². The van der Waals surface area contributed by atoms with E-state index in [1.807, 2.05) is 24.4 Å². The van der Waals surface area contributed by atoms with Crippen LogP contribution in [0.3, 0.4) is 0 Å². The van der Waals surface area contributed by atoms with Gasteiger partial charge in [-0.3, -0.25) is 0 Å². The second-order valence-electron chi connectivity index (χ2n) is 4.07. The molecule has 0 aliphatic carbocycles. The number of nitriles is 1. The third kappa shape index (κ3) is 2.61. The Labute approximate surface area is 121 Å². The molecule has 0 amide bonds. The fourth-order valence-corrected chi connectivity index (χ4v) is 4.57. The minimum atomic E-state index is -0.463. The number of aromatic nitrogens is 1. The zero-order valence-electron chi connectivity index (χ0n) is 10.1. The molecule has 0 aliphatic heterocycles. The molecule has 19 heavy (non-hydrogen) atoms. The Morgan fingerprint density at radius 3 is 2.53 bits per heavy atom. The number of pyridine rings is 1. The van der Waals surface area contributed by atoms with Crippen LogP contribution in [0.15, 0.2) is 60.8 Å². The first-order valence-electron chi connectivity index (χ1n) is 5.88. The summed E-state index contributed by atoms with van der Waals surface area (Å²) in [6.07, 6.45) is 1.84. The van der Waals surface area contributed by atoms with Gasteiger partial charge in [0.05, 0.1) is 0 Å². The van der Waals surface area contributed by atoms with Gasteiger partial charge >= 0.3 is 122 Å². The number of hydrogen-bond donors (Lipinski definition) is 0. The molecule has 0 atom stereocenters. The van der Waals surface area contributed by atoms with Crippen molar-refractivity contribution >= 4 is 39.0 Å². The van der Waals surface area contributed by atoms with Crippen LogP contribution >= 0.6 is 0 Å². The van der Waals surface area contributed by atoms with Gasteiger partial charge in [-0.1, -0.05) is 0 Å². The zero-order valence-corrected chi connectivity index (χ0v) is 12.4. The fourth-order valence-electron chi connectivity index (χ4n) is 1.88. The number of rotatable bonds is 2. The van der Waals surface area contributed by atoms with Crippen LogP contribution < -0.4 is 7.22 Å². The van der Waals surface area contributed by atoms with Crippen molar-refractivity contribution in [2.24, 2.45) is 0 Å². The first-order valence-corrected chi connectivity index (χ1v) is 8.21. The Morgan fingerprint density at radius 2 is 1.74 bits per heavy atom. The van der Waals surface area contributed by atoms with Crippen molar-refractivity contribution in [1.29, 1.82) is 5.26 Å². The predicted molar refractivity (Wildman–Crippen MR) is 77.9 cm³/mol. The Morgan fingerprint density at radius 1 is 0.947 bits per heavy atom. The molecule has 0 bridgehead atoms. The molecule has 3 heteroatoms. The van der Waals surface area contributed by atoms with Crippen molar-refractivity contribution in [3.05, 3.63) is 66.4 Å². The normalized spacial score (nSPS) is 10.3. The maximum absolute atomic E-state index is 8.81. The molecule has 1 heterocycles. The maximum atomic E-state index is 8.81. The van der Waals surface area contributed by atoms with Gasteiger partial charge in [0.1, 0.15) is 0 Å². The van der Waals surface area contributed by atoms with E-state index in [-0.39, 0.29) is 0 Å². The average molecular weight is 358 g/mol. The number of hydrogen-bond acceptors (Lipinski definition) is 2. The second-order valence-corrected chi connectivity index (χ2v) is 7.25. The van der Waals surface area contributed by atoms with Crippen LogP contribution in [0.25, 0.3) is 10.9 Å². The molecule has 0 spiro atoms. The number of fused-ring (bicyclic) bond motifs is 1. The average Bonchev–Trinajstić information content (AvgIpc) is 2.48. The summed E-state index contributed by atoms with van der Waals surface area (Å²) in [5.41, 5.74) is 1.82. The summed E-state index contributed by atoms with van der Waals surface area (Å²) >= 11 is -0.463. The van der Waals surface area contributed by atoms with Crippen LogP contribution in [-0.4, -0.2) is 25.9 Å². The van der Waals surface area contributed by atoms with E-state index in [1.165, 1.54) is 12.6 Å². The molecule has 0 N–H and O–H groups in total. The Balaban J connectivity index is 1.99. The molecular formula is C16H10N2Te. The minimum absolute atomic E-state index is 0.463. The molecular weight excluding hydrogens is 348 g/mol. The van der Waals surface area contributed by atoms with Gasteiger partial charge in [0.25, 0.3) is 0 Å². The third-order valence-corrected chi connectivity index (χ3v) is 5.82. The van der Waals surface area contributed by atoms with Crippen molar-refractivity contribution in [3.63, 3.8) is 0 Å². The third-order valence-electron chi connectivity index (χ3n) is 2.81. The van der Waals surface area contributed by atoms with Gasteiger partial charge in [-0.25, -0.2) is 0 Å². The van der Waals surface area contributed by atoms with Crippen LogP contribution in [0.5, 0.6) is 0 Å². The number of nitrogens with zero attached hydrogens (tertiary/aromatic N) is 2.